The zero-order chi connectivity index (χ0) is 22.0. The second-order valence-electron chi connectivity index (χ2n) is 8.13. The quantitative estimate of drug-likeness (QED) is 0.594. The topological polar surface area (TPSA) is 54.8 Å². The second kappa shape index (κ2) is 8.94. The summed E-state index contributed by atoms with van der Waals surface area (Å²) < 4.78 is 7.06. The van der Waals surface area contributed by atoms with E-state index in [9.17, 15) is 9.59 Å². The van der Waals surface area contributed by atoms with E-state index in [2.05, 4.69) is 22.9 Å². The summed E-state index contributed by atoms with van der Waals surface area (Å²) in [5.41, 5.74) is 3.48. The van der Waals surface area contributed by atoms with Crippen LogP contribution < -0.4 is 10.5 Å². The molecule has 6 nitrogen and oxygen atoms in total. The van der Waals surface area contributed by atoms with Crippen LogP contribution in [0.2, 0.25) is 0 Å². The standard InChI is InChI=1S/C25H29N3O3/c1-4-31-25(30)22-23(27-14-12-26(3)13-15-27)20-16-18(2)10-11-21(20)28(24(22)29)17-19-8-6-5-7-9-19/h5-11,16H,4,12-15,17H2,1-3H3. The number of benzene rings is 2. The minimum atomic E-state index is -0.549. The number of pyridine rings is 1. The van der Waals surface area contributed by atoms with E-state index in [-0.39, 0.29) is 17.7 Å². The Morgan fingerprint density at radius 3 is 2.42 bits per heavy atom. The molecule has 6 heteroatoms. The number of aromatic nitrogens is 1. The largest absolute Gasteiger partial charge is 0.462 e. The number of hydrogen-bond acceptors (Lipinski definition) is 5. The number of rotatable bonds is 5. The van der Waals surface area contributed by atoms with Gasteiger partial charge in [-0.05, 0) is 38.6 Å². The van der Waals surface area contributed by atoms with Crippen molar-refractivity contribution >= 4 is 22.6 Å². The number of fused-ring (bicyclic) bond motifs is 1. The number of carbonyl (C=O) groups is 1. The first kappa shape index (κ1) is 21.1. The Hall–Kier alpha value is -3.12. The van der Waals surface area contributed by atoms with Crippen molar-refractivity contribution in [3.63, 3.8) is 0 Å². The number of anilines is 1. The van der Waals surface area contributed by atoms with E-state index in [1.54, 1.807) is 11.5 Å². The number of hydrogen-bond donors (Lipinski definition) is 0. The Bertz CT molecular complexity index is 1150. The lowest BCUT2D eigenvalue weighted by atomic mass is 10.0. The first-order valence-corrected chi connectivity index (χ1v) is 10.8. The lowest BCUT2D eigenvalue weighted by molar-refractivity contribution is 0.0524. The maximum Gasteiger partial charge on any atom is 0.345 e. The molecule has 0 bridgehead atoms. The second-order valence-corrected chi connectivity index (χ2v) is 8.13. The maximum atomic E-state index is 13.7. The Morgan fingerprint density at radius 1 is 1.03 bits per heavy atom. The van der Waals surface area contributed by atoms with Crippen LogP contribution in [0.4, 0.5) is 5.69 Å². The molecule has 3 aromatic rings. The van der Waals surface area contributed by atoms with Gasteiger partial charge in [-0.15, -0.1) is 0 Å². The summed E-state index contributed by atoms with van der Waals surface area (Å²) in [6.45, 7) is 7.69. The molecule has 0 amide bonds. The third kappa shape index (κ3) is 4.21. The molecule has 0 atom stereocenters. The molecule has 1 aliphatic rings. The van der Waals surface area contributed by atoms with E-state index in [4.69, 9.17) is 4.74 Å². The molecular formula is C25H29N3O3. The number of esters is 1. The molecule has 2 heterocycles. The fourth-order valence-electron chi connectivity index (χ4n) is 4.22. The van der Waals surface area contributed by atoms with Crippen molar-refractivity contribution in [1.29, 1.82) is 0 Å². The van der Waals surface area contributed by atoms with Gasteiger partial charge >= 0.3 is 5.97 Å². The van der Waals surface area contributed by atoms with Gasteiger partial charge < -0.3 is 19.1 Å². The van der Waals surface area contributed by atoms with Gasteiger partial charge in [-0.2, -0.15) is 0 Å². The summed E-state index contributed by atoms with van der Waals surface area (Å²) in [5.74, 6) is -0.549. The number of nitrogens with zero attached hydrogens (tertiary/aromatic N) is 3. The van der Waals surface area contributed by atoms with Gasteiger partial charge in [0, 0.05) is 31.6 Å². The molecule has 31 heavy (non-hydrogen) atoms. The molecule has 0 radical (unpaired) electrons. The van der Waals surface area contributed by atoms with Crippen molar-refractivity contribution in [3.8, 4) is 0 Å². The minimum Gasteiger partial charge on any atom is -0.462 e. The van der Waals surface area contributed by atoms with Crippen LogP contribution in [-0.4, -0.2) is 55.3 Å². The third-order valence-electron chi connectivity index (χ3n) is 5.88. The highest BCUT2D eigenvalue weighted by atomic mass is 16.5. The Kier molecular flexibility index (Phi) is 6.09. The van der Waals surface area contributed by atoms with Gasteiger partial charge in [-0.3, -0.25) is 4.79 Å². The number of ether oxygens (including phenoxy) is 1. The van der Waals surface area contributed by atoms with Crippen molar-refractivity contribution in [2.24, 2.45) is 0 Å². The summed E-state index contributed by atoms with van der Waals surface area (Å²) in [7, 11) is 2.09. The molecule has 0 saturated carbocycles. The highest BCUT2D eigenvalue weighted by Crippen LogP contribution is 2.31. The lowest BCUT2D eigenvalue weighted by Crippen LogP contribution is -2.46. The highest BCUT2D eigenvalue weighted by Gasteiger charge is 2.28. The van der Waals surface area contributed by atoms with Crippen molar-refractivity contribution in [1.82, 2.24) is 9.47 Å². The van der Waals surface area contributed by atoms with E-state index in [1.165, 1.54) is 0 Å². The van der Waals surface area contributed by atoms with Crippen molar-refractivity contribution in [2.75, 3.05) is 44.7 Å². The van der Waals surface area contributed by atoms with Crippen molar-refractivity contribution < 1.29 is 9.53 Å². The van der Waals surface area contributed by atoms with Gasteiger partial charge in [0.05, 0.1) is 24.4 Å². The summed E-state index contributed by atoms with van der Waals surface area (Å²) in [6.07, 6.45) is 0. The molecule has 1 fully saturated rings. The molecule has 162 valence electrons. The van der Waals surface area contributed by atoms with Gasteiger partial charge in [0.15, 0.2) is 0 Å². The highest BCUT2D eigenvalue weighted by molar-refractivity contribution is 6.05. The van der Waals surface area contributed by atoms with Crippen molar-refractivity contribution in [3.05, 3.63) is 75.6 Å². The van der Waals surface area contributed by atoms with E-state index in [0.717, 1.165) is 48.2 Å². The van der Waals surface area contributed by atoms with Gasteiger partial charge in [-0.1, -0.05) is 42.0 Å². The number of aryl methyl sites for hydroxylation is 1. The van der Waals surface area contributed by atoms with E-state index in [0.29, 0.717) is 12.2 Å². The fraction of sp³-hybridized carbons (Fsp3) is 0.360. The zero-order valence-corrected chi connectivity index (χ0v) is 18.4. The maximum absolute atomic E-state index is 13.7. The van der Waals surface area contributed by atoms with Gasteiger partial charge in [0.2, 0.25) is 0 Å². The third-order valence-corrected chi connectivity index (χ3v) is 5.88. The van der Waals surface area contributed by atoms with E-state index >= 15 is 0 Å². The molecule has 0 unspecified atom stereocenters. The van der Waals surface area contributed by atoms with Crippen LogP contribution in [0.1, 0.15) is 28.4 Å². The fourth-order valence-corrected chi connectivity index (χ4v) is 4.22. The number of likely N-dealkylation sites (N-methyl/N-ethyl adjacent to an activating group) is 1. The number of piperazine rings is 1. The molecule has 1 aromatic heterocycles. The van der Waals surface area contributed by atoms with Crippen LogP contribution in [0, 0.1) is 6.92 Å². The Balaban J connectivity index is 1.99. The number of carbonyl (C=O) groups excluding carboxylic acids is 1. The first-order chi connectivity index (χ1) is 15.0. The molecule has 0 spiro atoms. The predicted octanol–water partition coefficient (Wildman–Crippen LogP) is 3.29. The molecular weight excluding hydrogens is 390 g/mol. The smallest absolute Gasteiger partial charge is 0.345 e. The Morgan fingerprint density at radius 2 is 1.74 bits per heavy atom. The predicted molar refractivity (Wildman–Crippen MR) is 124 cm³/mol. The molecule has 0 N–H and O–H groups in total. The molecule has 4 rings (SSSR count). The minimum absolute atomic E-state index is 0.139. The summed E-state index contributed by atoms with van der Waals surface area (Å²) in [4.78, 5) is 31.2. The van der Waals surface area contributed by atoms with Crippen LogP contribution in [0.3, 0.4) is 0 Å². The van der Waals surface area contributed by atoms with Crippen LogP contribution >= 0.6 is 0 Å². The van der Waals surface area contributed by atoms with Crippen molar-refractivity contribution in [2.45, 2.75) is 20.4 Å². The van der Waals surface area contributed by atoms with Crippen LogP contribution in [-0.2, 0) is 11.3 Å². The Labute approximate surface area is 182 Å². The molecule has 0 aliphatic carbocycles. The normalized spacial score (nSPS) is 14.7. The monoisotopic (exact) mass is 419 g/mol. The SMILES string of the molecule is CCOC(=O)c1c(N2CCN(C)CC2)c2cc(C)ccc2n(Cc2ccccc2)c1=O. The summed E-state index contributed by atoms with van der Waals surface area (Å²) in [5, 5.41) is 0.920. The van der Waals surface area contributed by atoms with Crippen LogP contribution in [0.25, 0.3) is 10.9 Å². The van der Waals surface area contributed by atoms with E-state index in [1.807, 2.05) is 49.4 Å². The summed E-state index contributed by atoms with van der Waals surface area (Å²) >= 11 is 0. The first-order valence-electron chi connectivity index (χ1n) is 10.8. The average molecular weight is 420 g/mol. The zero-order valence-electron chi connectivity index (χ0n) is 18.4. The van der Waals surface area contributed by atoms with Gasteiger partial charge in [0.1, 0.15) is 5.56 Å². The van der Waals surface area contributed by atoms with E-state index < -0.39 is 5.97 Å². The van der Waals surface area contributed by atoms with Crippen LogP contribution in [0.5, 0.6) is 0 Å². The average Bonchev–Trinajstić information content (AvgIpc) is 2.77. The summed E-state index contributed by atoms with van der Waals surface area (Å²) in [6, 6.07) is 15.9. The van der Waals surface area contributed by atoms with Gasteiger partial charge in [-0.25, -0.2) is 4.79 Å². The molecule has 2 aromatic carbocycles. The lowest BCUT2D eigenvalue weighted by Gasteiger charge is -2.35. The van der Waals surface area contributed by atoms with Crippen LogP contribution in [0.15, 0.2) is 53.3 Å². The van der Waals surface area contributed by atoms with Gasteiger partial charge in [0.25, 0.3) is 5.56 Å². The molecule has 1 aliphatic heterocycles. The molecule has 1 saturated heterocycles.